The minimum absolute atomic E-state index is 0.00283. The Morgan fingerprint density at radius 3 is 2.72 bits per heavy atom. The van der Waals surface area contributed by atoms with Gasteiger partial charge in [0, 0.05) is 34.7 Å². The van der Waals surface area contributed by atoms with Gasteiger partial charge in [0.1, 0.15) is 11.9 Å². The minimum Gasteiger partial charge on any atom is -0.463 e. The van der Waals surface area contributed by atoms with Gasteiger partial charge in [0.2, 0.25) is 10.0 Å². The summed E-state index contributed by atoms with van der Waals surface area (Å²) < 4.78 is 73.5. The second kappa shape index (κ2) is 11.3. The third-order valence-electron chi connectivity index (χ3n) is 5.83. The summed E-state index contributed by atoms with van der Waals surface area (Å²) in [6.45, 7) is 0.335. The van der Waals surface area contributed by atoms with Gasteiger partial charge in [-0.3, -0.25) is 19.4 Å². The number of carbonyl (C=O) groups is 2. The molecule has 16 heteroatoms. The number of aliphatic imine (C=N–C) groups is 1. The molecule has 2 N–H and O–H groups in total. The predicted octanol–water partition coefficient (Wildman–Crippen LogP) is 2.74. The topological polar surface area (TPSA) is 130 Å². The molecule has 2 aromatic rings. The van der Waals surface area contributed by atoms with Crippen LogP contribution in [-0.2, 0) is 24.3 Å². The van der Waals surface area contributed by atoms with Gasteiger partial charge in [0.15, 0.2) is 10.8 Å². The lowest BCUT2D eigenvalue weighted by Gasteiger charge is -2.31. The second-order valence-electron chi connectivity index (χ2n) is 8.84. The summed E-state index contributed by atoms with van der Waals surface area (Å²) in [7, 11) is -4.01. The van der Waals surface area contributed by atoms with Gasteiger partial charge in [0.05, 0.1) is 31.0 Å². The smallest absolute Gasteiger partial charge is 0.338 e. The number of benzene rings is 1. The number of ether oxygens (including phenoxy) is 1. The molecule has 0 spiro atoms. The summed E-state index contributed by atoms with van der Waals surface area (Å²) >= 11 is 4.54. The van der Waals surface area contributed by atoms with Crippen LogP contribution >= 0.6 is 27.3 Å². The van der Waals surface area contributed by atoms with Crippen molar-refractivity contribution in [3.05, 3.63) is 61.9 Å². The minimum atomic E-state index is -4.01. The van der Waals surface area contributed by atoms with E-state index in [1.54, 1.807) is 17.0 Å². The average Bonchev–Trinajstić information content (AvgIpc) is 3.45. The van der Waals surface area contributed by atoms with E-state index in [9.17, 15) is 31.2 Å². The average molecular weight is 650 g/mol. The highest BCUT2D eigenvalue weighted by Gasteiger charge is 2.49. The number of halogens is 4. The number of nitrogens with one attached hydrogen (secondary N) is 2. The van der Waals surface area contributed by atoms with E-state index in [0.29, 0.717) is 15.0 Å². The van der Waals surface area contributed by atoms with E-state index in [4.69, 9.17) is 4.74 Å². The molecule has 1 saturated heterocycles. The summed E-state index contributed by atoms with van der Waals surface area (Å²) in [6, 6.07) is 1.26. The molecule has 0 saturated carbocycles. The number of rotatable bonds is 8. The van der Waals surface area contributed by atoms with Gasteiger partial charge in [-0.15, -0.1) is 11.3 Å². The molecule has 0 bridgehead atoms. The molecule has 1 amide bonds. The molecular formula is C23H23BrF3N5O5S2. The maximum absolute atomic E-state index is 14.5. The van der Waals surface area contributed by atoms with Crippen LogP contribution < -0.4 is 10.0 Å². The normalized spacial score (nSPS) is 21.3. The van der Waals surface area contributed by atoms with Crippen molar-refractivity contribution in [2.45, 2.75) is 31.4 Å². The number of esters is 1. The van der Waals surface area contributed by atoms with Crippen LogP contribution in [0.2, 0.25) is 0 Å². The first kappa shape index (κ1) is 29.2. The van der Waals surface area contributed by atoms with E-state index >= 15 is 0 Å². The number of sulfonamides is 1. The van der Waals surface area contributed by atoms with Crippen molar-refractivity contribution in [1.29, 1.82) is 0 Å². The second-order valence-corrected chi connectivity index (χ2v) is 12.3. The van der Waals surface area contributed by atoms with Crippen LogP contribution in [0.4, 0.5) is 13.2 Å². The fourth-order valence-corrected chi connectivity index (χ4v) is 5.99. The van der Waals surface area contributed by atoms with Gasteiger partial charge < -0.3 is 10.1 Å². The molecule has 2 atom stereocenters. The zero-order valence-electron chi connectivity index (χ0n) is 20.6. The number of thiazole rings is 1. The van der Waals surface area contributed by atoms with Crippen LogP contribution in [0, 0.1) is 5.82 Å². The number of alkyl halides is 2. The quantitative estimate of drug-likeness (QED) is 0.418. The molecule has 2 aliphatic heterocycles. The van der Waals surface area contributed by atoms with Crippen LogP contribution in [0.5, 0.6) is 0 Å². The van der Waals surface area contributed by atoms with Gasteiger partial charge in [0.25, 0.3) is 11.8 Å². The molecule has 0 radical (unpaired) electrons. The number of amides is 1. The third kappa shape index (κ3) is 6.85. The first-order valence-electron chi connectivity index (χ1n) is 11.5. The molecule has 39 heavy (non-hydrogen) atoms. The standard InChI is InChI=1S/C23H23BrF3N5O5S2/c1-3-37-22(34)17-15(10-32-11-23(26,27)9-16(32)20(33)31-39(2,35)36)29-19(21-28-6-7-38-21)30-18(17)13-5-4-12(25)8-14(13)24/h4-8,16,18H,3,9-11H2,1-2H3,(H,29,30)(H,31,33)/t16-,18-/m0/s1. The van der Waals surface area contributed by atoms with Crippen molar-refractivity contribution in [2.75, 3.05) is 26.0 Å². The van der Waals surface area contributed by atoms with Gasteiger partial charge in [-0.25, -0.2) is 31.4 Å². The molecule has 1 fully saturated rings. The molecule has 10 nitrogen and oxygen atoms in total. The molecule has 0 unspecified atom stereocenters. The van der Waals surface area contributed by atoms with Crippen LogP contribution in [0.25, 0.3) is 0 Å². The van der Waals surface area contributed by atoms with Crippen LogP contribution in [0.1, 0.15) is 30.0 Å². The van der Waals surface area contributed by atoms with E-state index < -0.39 is 58.7 Å². The van der Waals surface area contributed by atoms with Gasteiger partial charge >= 0.3 is 5.97 Å². The van der Waals surface area contributed by atoms with Crippen molar-refractivity contribution in [2.24, 2.45) is 4.99 Å². The Bertz CT molecular complexity index is 1450. The molecule has 1 aromatic carbocycles. The van der Waals surface area contributed by atoms with Crippen molar-refractivity contribution in [3.8, 4) is 0 Å². The maximum Gasteiger partial charge on any atom is 0.338 e. The summed E-state index contributed by atoms with van der Waals surface area (Å²) in [5.41, 5.74) is 0.456. The maximum atomic E-state index is 14.5. The molecule has 3 heterocycles. The fourth-order valence-electron chi connectivity index (χ4n) is 4.33. The Kier molecular flexibility index (Phi) is 8.49. The zero-order valence-corrected chi connectivity index (χ0v) is 23.8. The van der Waals surface area contributed by atoms with Crippen molar-refractivity contribution < 1.29 is 35.9 Å². The lowest BCUT2D eigenvalue weighted by Crippen LogP contribution is -2.47. The van der Waals surface area contributed by atoms with Gasteiger partial charge in [-0.05, 0) is 24.6 Å². The molecule has 210 valence electrons. The monoisotopic (exact) mass is 649 g/mol. The van der Waals surface area contributed by atoms with E-state index in [2.05, 4.69) is 31.2 Å². The first-order valence-corrected chi connectivity index (χ1v) is 15.1. The van der Waals surface area contributed by atoms with E-state index in [-0.39, 0.29) is 30.3 Å². The van der Waals surface area contributed by atoms with Gasteiger partial charge in [-0.1, -0.05) is 22.0 Å². The predicted molar refractivity (Wildman–Crippen MR) is 140 cm³/mol. The van der Waals surface area contributed by atoms with Crippen molar-refractivity contribution in [3.63, 3.8) is 0 Å². The highest BCUT2D eigenvalue weighted by Crippen LogP contribution is 2.38. The molecule has 4 rings (SSSR count). The molecular weight excluding hydrogens is 627 g/mol. The van der Waals surface area contributed by atoms with E-state index in [0.717, 1.165) is 11.2 Å². The van der Waals surface area contributed by atoms with Crippen LogP contribution in [0.15, 0.2) is 50.5 Å². The highest BCUT2D eigenvalue weighted by molar-refractivity contribution is 9.10. The van der Waals surface area contributed by atoms with Crippen LogP contribution in [-0.4, -0.2) is 73.9 Å². The Morgan fingerprint density at radius 2 is 2.10 bits per heavy atom. The lowest BCUT2D eigenvalue weighted by molar-refractivity contribution is -0.139. The molecule has 1 aromatic heterocycles. The summed E-state index contributed by atoms with van der Waals surface area (Å²) in [4.78, 5) is 35.9. The van der Waals surface area contributed by atoms with Gasteiger partial charge in [-0.2, -0.15) is 0 Å². The number of hydrogen-bond acceptors (Lipinski definition) is 10. The van der Waals surface area contributed by atoms with E-state index in [1.807, 2.05) is 0 Å². The number of hydrogen-bond donors (Lipinski definition) is 2. The largest absolute Gasteiger partial charge is 0.463 e. The SMILES string of the molecule is CCOC(=O)C1=C(CN2CC(F)(F)C[C@H]2C(=O)NS(C)(=O)=O)NC(c2nccs2)=N[C@H]1c1ccc(F)cc1Br. The molecule has 2 aliphatic rings. The summed E-state index contributed by atoms with van der Waals surface area (Å²) in [5, 5.41) is 5.11. The summed E-state index contributed by atoms with van der Waals surface area (Å²) in [6.07, 6.45) is 1.36. The summed E-state index contributed by atoms with van der Waals surface area (Å²) in [5.74, 6) is -5.53. The Morgan fingerprint density at radius 1 is 1.36 bits per heavy atom. The fraction of sp³-hybridized carbons (Fsp3) is 0.391. The first-order chi connectivity index (χ1) is 18.3. The number of amidine groups is 1. The number of aromatic nitrogens is 1. The number of carbonyl (C=O) groups excluding carboxylic acids is 2. The van der Waals surface area contributed by atoms with Crippen LogP contribution in [0.3, 0.4) is 0 Å². The highest BCUT2D eigenvalue weighted by atomic mass is 79.9. The Balaban J connectivity index is 1.82. The number of likely N-dealkylation sites (tertiary alicyclic amines) is 1. The van der Waals surface area contributed by atoms with E-state index in [1.165, 1.54) is 35.7 Å². The Hall–Kier alpha value is -2.82. The lowest BCUT2D eigenvalue weighted by atomic mass is 9.95. The van der Waals surface area contributed by atoms with Crippen molar-refractivity contribution in [1.82, 2.24) is 19.9 Å². The zero-order chi connectivity index (χ0) is 28.5. The Labute approximate surface area is 234 Å². The molecule has 0 aliphatic carbocycles. The number of nitrogens with zero attached hydrogens (tertiary/aromatic N) is 3. The third-order valence-corrected chi connectivity index (χ3v) is 7.87. The van der Waals surface area contributed by atoms with Crippen molar-refractivity contribution >= 4 is 55.0 Å².